The van der Waals surface area contributed by atoms with Gasteiger partial charge in [0.2, 0.25) is 0 Å². The van der Waals surface area contributed by atoms with Crippen LogP contribution in [0.1, 0.15) is 27.2 Å². The molecule has 0 heterocycles. The highest BCUT2D eigenvalue weighted by molar-refractivity contribution is 4.84. The first-order valence-corrected chi connectivity index (χ1v) is 5.36. The van der Waals surface area contributed by atoms with E-state index in [1.54, 1.807) is 21.3 Å². The van der Waals surface area contributed by atoms with Crippen LogP contribution < -0.4 is 0 Å². The van der Waals surface area contributed by atoms with E-state index in [2.05, 4.69) is 20.8 Å². The van der Waals surface area contributed by atoms with Gasteiger partial charge >= 0.3 is 0 Å². The van der Waals surface area contributed by atoms with Crippen LogP contribution in [-0.2, 0) is 14.2 Å². The lowest BCUT2D eigenvalue weighted by molar-refractivity contribution is -0.0590. The average Bonchev–Trinajstić information content (AvgIpc) is 2.01. The predicted molar refractivity (Wildman–Crippen MR) is 62.1 cm³/mol. The normalized spacial score (nSPS) is 13.2. The van der Waals surface area contributed by atoms with E-state index in [0.717, 1.165) is 6.42 Å². The van der Waals surface area contributed by atoms with E-state index >= 15 is 0 Å². The minimum atomic E-state index is -0.0312. The standard InChI is InChI=1S/C12H26O3/c1-11(2,3)7-12(8-13-4,9-14-5)10-15-6/h7-10H2,1-6H3. The van der Waals surface area contributed by atoms with Crippen LogP contribution in [-0.4, -0.2) is 41.2 Å². The smallest absolute Gasteiger partial charge is 0.0563 e. The number of hydrogen-bond acceptors (Lipinski definition) is 3. The summed E-state index contributed by atoms with van der Waals surface area (Å²) in [5.74, 6) is 0. The number of ether oxygens (including phenoxy) is 3. The molecule has 0 spiro atoms. The van der Waals surface area contributed by atoms with Crippen LogP contribution in [0.4, 0.5) is 0 Å². The van der Waals surface area contributed by atoms with Crippen molar-refractivity contribution in [3.8, 4) is 0 Å². The molecule has 15 heavy (non-hydrogen) atoms. The summed E-state index contributed by atoms with van der Waals surface area (Å²) in [5.41, 5.74) is 0.214. The van der Waals surface area contributed by atoms with Gasteiger partial charge in [-0.15, -0.1) is 0 Å². The molecule has 0 bridgehead atoms. The molecule has 0 aromatic carbocycles. The van der Waals surface area contributed by atoms with Crippen LogP contribution in [0.15, 0.2) is 0 Å². The second kappa shape index (κ2) is 6.46. The maximum absolute atomic E-state index is 5.30. The van der Waals surface area contributed by atoms with Crippen LogP contribution in [0, 0.1) is 10.8 Å². The quantitative estimate of drug-likeness (QED) is 0.656. The van der Waals surface area contributed by atoms with Crippen molar-refractivity contribution in [1.29, 1.82) is 0 Å². The van der Waals surface area contributed by atoms with Gasteiger partial charge in [-0.3, -0.25) is 0 Å². The Labute approximate surface area is 94.1 Å². The van der Waals surface area contributed by atoms with Crippen molar-refractivity contribution in [3.63, 3.8) is 0 Å². The maximum Gasteiger partial charge on any atom is 0.0563 e. The average molecular weight is 218 g/mol. The highest BCUT2D eigenvalue weighted by atomic mass is 16.5. The molecule has 0 atom stereocenters. The summed E-state index contributed by atoms with van der Waals surface area (Å²) in [7, 11) is 5.17. The Morgan fingerprint density at radius 1 is 0.733 bits per heavy atom. The van der Waals surface area contributed by atoms with Gasteiger partial charge in [0.05, 0.1) is 19.8 Å². The Hall–Kier alpha value is -0.120. The molecule has 0 saturated carbocycles. The third kappa shape index (κ3) is 6.13. The summed E-state index contributed by atoms with van der Waals surface area (Å²) >= 11 is 0. The summed E-state index contributed by atoms with van der Waals surface area (Å²) < 4.78 is 15.9. The maximum atomic E-state index is 5.30. The van der Waals surface area contributed by atoms with Crippen molar-refractivity contribution < 1.29 is 14.2 Å². The summed E-state index contributed by atoms with van der Waals surface area (Å²) in [5, 5.41) is 0. The van der Waals surface area contributed by atoms with Crippen molar-refractivity contribution in [1.82, 2.24) is 0 Å². The molecule has 0 aliphatic carbocycles. The Kier molecular flexibility index (Phi) is 6.41. The van der Waals surface area contributed by atoms with E-state index in [0.29, 0.717) is 19.8 Å². The summed E-state index contributed by atoms with van der Waals surface area (Å²) in [6, 6.07) is 0. The Morgan fingerprint density at radius 3 is 1.27 bits per heavy atom. The zero-order chi connectivity index (χ0) is 11.9. The second-order valence-electron chi connectivity index (χ2n) is 5.54. The Morgan fingerprint density at radius 2 is 1.07 bits per heavy atom. The monoisotopic (exact) mass is 218 g/mol. The highest BCUT2D eigenvalue weighted by Gasteiger charge is 2.35. The van der Waals surface area contributed by atoms with E-state index < -0.39 is 0 Å². The molecule has 0 aliphatic heterocycles. The zero-order valence-corrected chi connectivity index (χ0v) is 11.1. The van der Waals surface area contributed by atoms with Crippen LogP contribution in [0.2, 0.25) is 0 Å². The van der Waals surface area contributed by atoms with Crippen molar-refractivity contribution in [2.45, 2.75) is 27.2 Å². The molecule has 0 aromatic heterocycles. The molecule has 0 saturated heterocycles. The van der Waals surface area contributed by atoms with Crippen molar-refractivity contribution in [2.75, 3.05) is 41.2 Å². The minimum Gasteiger partial charge on any atom is -0.384 e. The van der Waals surface area contributed by atoms with Gasteiger partial charge in [0, 0.05) is 26.7 Å². The van der Waals surface area contributed by atoms with Crippen molar-refractivity contribution in [2.24, 2.45) is 10.8 Å². The fourth-order valence-electron chi connectivity index (χ4n) is 2.32. The molecular formula is C12H26O3. The lowest BCUT2D eigenvalue weighted by atomic mass is 9.75. The zero-order valence-electron chi connectivity index (χ0n) is 11.1. The molecule has 0 aliphatic rings. The summed E-state index contributed by atoms with van der Waals surface area (Å²) in [6.45, 7) is 8.69. The topological polar surface area (TPSA) is 27.7 Å². The lowest BCUT2D eigenvalue weighted by Gasteiger charge is -2.37. The lowest BCUT2D eigenvalue weighted by Crippen LogP contribution is -2.39. The first kappa shape index (κ1) is 14.9. The highest BCUT2D eigenvalue weighted by Crippen LogP contribution is 2.34. The molecule has 0 aromatic rings. The molecule has 0 unspecified atom stereocenters. The van der Waals surface area contributed by atoms with E-state index in [-0.39, 0.29) is 10.8 Å². The molecule has 0 amide bonds. The molecule has 0 rings (SSSR count). The first-order valence-electron chi connectivity index (χ1n) is 5.36. The number of hydrogen-bond donors (Lipinski definition) is 0. The Balaban J connectivity index is 4.60. The third-order valence-electron chi connectivity index (χ3n) is 2.26. The largest absolute Gasteiger partial charge is 0.384 e. The third-order valence-corrected chi connectivity index (χ3v) is 2.26. The molecule has 0 N–H and O–H groups in total. The van der Waals surface area contributed by atoms with Crippen molar-refractivity contribution >= 4 is 0 Å². The van der Waals surface area contributed by atoms with Gasteiger partial charge < -0.3 is 14.2 Å². The van der Waals surface area contributed by atoms with E-state index in [9.17, 15) is 0 Å². The molecule has 0 radical (unpaired) electrons. The second-order valence-corrected chi connectivity index (χ2v) is 5.54. The summed E-state index contributed by atoms with van der Waals surface area (Å²) in [6.07, 6.45) is 1.02. The van der Waals surface area contributed by atoms with E-state index in [1.807, 2.05) is 0 Å². The molecule has 0 fully saturated rings. The van der Waals surface area contributed by atoms with Crippen molar-refractivity contribution in [3.05, 3.63) is 0 Å². The van der Waals surface area contributed by atoms with Gasteiger partial charge in [-0.05, 0) is 11.8 Å². The SMILES string of the molecule is COCC(COC)(COC)CC(C)(C)C. The molecular weight excluding hydrogens is 192 g/mol. The van der Waals surface area contributed by atoms with Crippen LogP contribution in [0.3, 0.4) is 0 Å². The van der Waals surface area contributed by atoms with Crippen LogP contribution in [0.5, 0.6) is 0 Å². The van der Waals surface area contributed by atoms with Gasteiger partial charge in [-0.1, -0.05) is 20.8 Å². The van der Waals surface area contributed by atoms with Gasteiger partial charge in [0.1, 0.15) is 0 Å². The van der Waals surface area contributed by atoms with E-state index in [4.69, 9.17) is 14.2 Å². The summed E-state index contributed by atoms with van der Waals surface area (Å²) in [4.78, 5) is 0. The molecule has 92 valence electrons. The van der Waals surface area contributed by atoms with Gasteiger partial charge in [0.15, 0.2) is 0 Å². The minimum absolute atomic E-state index is 0.0312. The predicted octanol–water partition coefficient (Wildman–Crippen LogP) is 2.35. The molecule has 3 heteroatoms. The van der Waals surface area contributed by atoms with E-state index in [1.165, 1.54) is 0 Å². The number of rotatable bonds is 7. The fourth-order valence-corrected chi connectivity index (χ4v) is 2.32. The molecule has 3 nitrogen and oxygen atoms in total. The fraction of sp³-hybridized carbons (Fsp3) is 1.00. The number of methoxy groups -OCH3 is 3. The van der Waals surface area contributed by atoms with Gasteiger partial charge in [0.25, 0.3) is 0 Å². The van der Waals surface area contributed by atoms with Gasteiger partial charge in [-0.2, -0.15) is 0 Å². The Bertz CT molecular complexity index is 144. The first-order chi connectivity index (χ1) is 6.89. The van der Waals surface area contributed by atoms with Crippen LogP contribution >= 0.6 is 0 Å². The van der Waals surface area contributed by atoms with Crippen LogP contribution in [0.25, 0.3) is 0 Å². The van der Waals surface area contributed by atoms with Gasteiger partial charge in [-0.25, -0.2) is 0 Å².